The second-order valence-corrected chi connectivity index (χ2v) is 5.15. The van der Waals surface area contributed by atoms with E-state index in [0.29, 0.717) is 19.1 Å². The lowest BCUT2D eigenvalue weighted by Gasteiger charge is -2.10. The Balaban J connectivity index is 2.56. The highest BCUT2D eigenvalue weighted by Crippen LogP contribution is 2.28. The van der Waals surface area contributed by atoms with E-state index < -0.39 is 11.8 Å². The Labute approximate surface area is 119 Å². The summed E-state index contributed by atoms with van der Waals surface area (Å²) in [7, 11) is 0. The Hall–Kier alpha value is -1.14. The van der Waals surface area contributed by atoms with Crippen LogP contribution in [-0.2, 0) is 4.74 Å². The first-order valence-corrected chi connectivity index (χ1v) is 6.64. The third-order valence-electron chi connectivity index (χ3n) is 2.21. The minimum Gasteiger partial charge on any atom is -0.488 e. The lowest BCUT2D eigenvalue weighted by molar-refractivity contribution is 0.0694. The molecular weight excluding hydrogens is 319 g/mol. The molecule has 106 valence electrons. The summed E-state index contributed by atoms with van der Waals surface area (Å²) in [5.41, 5.74) is -0.138. The van der Waals surface area contributed by atoms with E-state index in [4.69, 9.17) is 14.6 Å². The monoisotopic (exact) mass is 334 g/mol. The highest BCUT2D eigenvalue weighted by Gasteiger charge is 2.16. The molecule has 6 heteroatoms. The Morgan fingerprint density at radius 2 is 2.11 bits per heavy atom. The van der Waals surface area contributed by atoms with E-state index in [2.05, 4.69) is 15.9 Å². The Kier molecular flexibility index (Phi) is 6.24. The molecule has 0 amide bonds. The topological polar surface area (TPSA) is 55.8 Å². The normalized spacial score (nSPS) is 10.8. The van der Waals surface area contributed by atoms with Gasteiger partial charge in [0.2, 0.25) is 0 Å². The van der Waals surface area contributed by atoms with E-state index in [1.54, 1.807) is 0 Å². The summed E-state index contributed by atoms with van der Waals surface area (Å²) < 4.78 is 24.2. The van der Waals surface area contributed by atoms with Gasteiger partial charge in [0.15, 0.2) is 11.6 Å². The smallest absolute Gasteiger partial charge is 0.336 e. The maximum absolute atomic E-state index is 13.8. The van der Waals surface area contributed by atoms with Crippen molar-refractivity contribution in [2.24, 2.45) is 5.92 Å². The number of benzene rings is 1. The van der Waals surface area contributed by atoms with Gasteiger partial charge in [0, 0.05) is 6.61 Å². The van der Waals surface area contributed by atoms with E-state index >= 15 is 0 Å². The fourth-order valence-corrected chi connectivity index (χ4v) is 1.84. The molecule has 19 heavy (non-hydrogen) atoms. The molecule has 0 aliphatic rings. The van der Waals surface area contributed by atoms with Crippen LogP contribution < -0.4 is 4.74 Å². The van der Waals surface area contributed by atoms with Crippen LogP contribution in [0.1, 0.15) is 24.2 Å². The highest BCUT2D eigenvalue weighted by molar-refractivity contribution is 9.10. The van der Waals surface area contributed by atoms with E-state index in [1.807, 2.05) is 13.8 Å². The van der Waals surface area contributed by atoms with Crippen molar-refractivity contribution in [1.29, 1.82) is 0 Å². The number of ether oxygens (including phenoxy) is 2. The Bertz CT molecular complexity index is 449. The van der Waals surface area contributed by atoms with Crippen molar-refractivity contribution in [1.82, 2.24) is 0 Å². The minimum absolute atomic E-state index is 0.00465. The zero-order valence-electron chi connectivity index (χ0n) is 10.8. The zero-order valence-corrected chi connectivity index (χ0v) is 12.4. The van der Waals surface area contributed by atoms with Gasteiger partial charge in [-0.3, -0.25) is 0 Å². The molecule has 0 saturated heterocycles. The third kappa shape index (κ3) is 4.80. The molecule has 0 saturated carbocycles. The average Bonchev–Trinajstić information content (AvgIpc) is 2.33. The summed E-state index contributed by atoms with van der Waals surface area (Å²) in [4.78, 5) is 10.8. The first-order valence-electron chi connectivity index (χ1n) is 5.85. The third-order valence-corrected chi connectivity index (χ3v) is 2.99. The van der Waals surface area contributed by atoms with E-state index in [-0.39, 0.29) is 22.4 Å². The van der Waals surface area contributed by atoms with E-state index in [9.17, 15) is 9.18 Å². The molecule has 0 aliphatic heterocycles. The fourth-order valence-electron chi connectivity index (χ4n) is 1.34. The summed E-state index contributed by atoms with van der Waals surface area (Å²) in [6.07, 6.45) is 0. The van der Waals surface area contributed by atoms with Gasteiger partial charge in [0.05, 0.1) is 16.6 Å². The molecule has 0 radical (unpaired) electrons. The molecule has 0 aliphatic carbocycles. The van der Waals surface area contributed by atoms with Crippen molar-refractivity contribution in [3.8, 4) is 5.75 Å². The molecular formula is C13H16BrFO4. The van der Waals surface area contributed by atoms with Crippen LogP contribution in [-0.4, -0.2) is 30.9 Å². The lowest BCUT2D eigenvalue weighted by atomic mass is 10.2. The number of carboxylic acids is 1. The maximum atomic E-state index is 13.8. The van der Waals surface area contributed by atoms with Crippen LogP contribution >= 0.6 is 15.9 Å². The van der Waals surface area contributed by atoms with Crippen molar-refractivity contribution in [2.45, 2.75) is 13.8 Å². The van der Waals surface area contributed by atoms with Gasteiger partial charge in [-0.25, -0.2) is 9.18 Å². The summed E-state index contributed by atoms with van der Waals surface area (Å²) >= 11 is 2.91. The van der Waals surface area contributed by atoms with Gasteiger partial charge in [-0.2, -0.15) is 0 Å². The van der Waals surface area contributed by atoms with Gasteiger partial charge in [-0.1, -0.05) is 13.8 Å². The molecule has 1 N–H and O–H groups in total. The second-order valence-electron chi connectivity index (χ2n) is 4.36. The van der Waals surface area contributed by atoms with Gasteiger partial charge < -0.3 is 14.6 Å². The van der Waals surface area contributed by atoms with Crippen molar-refractivity contribution < 1.29 is 23.8 Å². The summed E-state index contributed by atoms with van der Waals surface area (Å²) in [5, 5.41) is 8.82. The minimum atomic E-state index is -1.20. The van der Waals surface area contributed by atoms with Crippen LogP contribution in [0.3, 0.4) is 0 Å². The molecule has 0 bridgehead atoms. The van der Waals surface area contributed by atoms with Crippen LogP contribution in [0, 0.1) is 11.7 Å². The summed E-state index contributed by atoms with van der Waals surface area (Å²) in [6.45, 7) is 5.25. The summed E-state index contributed by atoms with van der Waals surface area (Å²) in [5.74, 6) is -1.48. The number of hydrogen-bond acceptors (Lipinski definition) is 3. The average molecular weight is 335 g/mol. The van der Waals surface area contributed by atoms with E-state index in [0.717, 1.165) is 0 Å². The van der Waals surface area contributed by atoms with Gasteiger partial charge in [-0.15, -0.1) is 0 Å². The van der Waals surface area contributed by atoms with Crippen LogP contribution in [0.2, 0.25) is 0 Å². The molecule has 0 atom stereocenters. The number of hydrogen-bond donors (Lipinski definition) is 1. The van der Waals surface area contributed by atoms with Crippen molar-refractivity contribution in [3.63, 3.8) is 0 Å². The molecule has 0 heterocycles. The standard InChI is InChI=1S/C13H16BrFO4/c1-8(2)7-18-5-6-19-10-4-3-9(13(16)17)11(14)12(10)15/h3-4,8H,5-7H2,1-2H3,(H,16,17). The second kappa shape index (κ2) is 7.45. The van der Waals surface area contributed by atoms with Gasteiger partial charge in [0.1, 0.15) is 6.61 Å². The zero-order chi connectivity index (χ0) is 14.4. The van der Waals surface area contributed by atoms with Gasteiger partial charge in [0.25, 0.3) is 0 Å². The molecule has 0 fully saturated rings. The number of carbonyl (C=O) groups is 1. The largest absolute Gasteiger partial charge is 0.488 e. The number of rotatable bonds is 7. The van der Waals surface area contributed by atoms with Crippen LogP contribution in [0.4, 0.5) is 4.39 Å². The lowest BCUT2D eigenvalue weighted by Crippen LogP contribution is -2.11. The molecule has 0 unspecified atom stereocenters. The highest BCUT2D eigenvalue weighted by atomic mass is 79.9. The van der Waals surface area contributed by atoms with E-state index in [1.165, 1.54) is 12.1 Å². The predicted octanol–water partition coefficient (Wildman–Crippen LogP) is 3.34. The first-order chi connectivity index (χ1) is 8.93. The first kappa shape index (κ1) is 15.9. The van der Waals surface area contributed by atoms with Gasteiger partial charge in [-0.05, 0) is 34.0 Å². The van der Waals surface area contributed by atoms with Crippen molar-refractivity contribution >= 4 is 21.9 Å². The predicted molar refractivity (Wildman–Crippen MR) is 72.2 cm³/mol. The SMILES string of the molecule is CC(C)COCCOc1ccc(C(=O)O)c(Br)c1F. The fraction of sp³-hybridized carbons (Fsp3) is 0.462. The van der Waals surface area contributed by atoms with Gasteiger partial charge >= 0.3 is 5.97 Å². The molecule has 0 spiro atoms. The number of halogens is 2. The number of carboxylic acid groups (broad SMARTS) is 1. The molecule has 1 aromatic rings. The van der Waals surface area contributed by atoms with Crippen LogP contribution in [0.15, 0.2) is 16.6 Å². The molecule has 4 nitrogen and oxygen atoms in total. The van der Waals surface area contributed by atoms with Crippen LogP contribution in [0.5, 0.6) is 5.75 Å². The molecule has 0 aromatic heterocycles. The van der Waals surface area contributed by atoms with Crippen LogP contribution in [0.25, 0.3) is 0 Å². The number of aromatic carboxylic acids is 1. The van der Waals surface area contributed by atoms with Crippen molar-refractivity contribution in [2.75, 3.05) is 19.8 Å². The summed E-state index contributed by atoms with van der Waals surface area (Å²) in [6, 6.07) is 2.59. The Morgan fingerprint density at radius 3 is 2.68 bits per heavy atom. The molecule has 1 rings (SSSR count). The Morgan fingerprint density at radius 1 is 1.42 bits per heavy atom. The quantitative estimate of drug-likeness (QED) is 0.777. The van der Waals surface area contributed by atoms with Crippen molar-refractivity contribution in [3.05, 3.63) is 28.0 Å². The molecule has 1 aromatic carbocycles. The maximum Gasteiger partial charge on any atom is 0.336 e.